The summed E-state index contributed by atoms with van der Waals surface area (Å²) in [6.45, 7) is 6.34. The fourth-order valence-electron chi connectivity index (χ4n) is 5.32. The van der Waals surface area contributed by atoms with Gasteiger partial charge in [-0.05, 0) is 31.2 Å². The number of anilines is 1. The lowest BCUT2D eigenvalue weighted by molar-refractivity contribution is 0.247. The quantitative estimate of drug-likeness (QED) is 0.299. The van der Waals surface area contributed by atoms with Gasteiger partial charge in [-0.1, -0.05) is 13.0 Å². The highest BCUT2D eigenvalue weighted by molar-refractivity contribution is 7.90. The van der Waals surface area contributed by atoms with Gasteiger partial charge in [0, 0.05) is 68.0 Å². The summed E-state index contributed by atoms with van der Waals surface area (Å²) in [7, 11) is -3.55. The normalized spacial score (nSPS) is 16.6. The predicted molar refractivity (Wildman–Crippen MR) is 149 cm³/mol. The molecule has 1 aliphatic heterocycles. The van der Waals surface area contributed by atoms with E-state index in [2.05, 4.69) is 24.8 Å². The Hall–Kier alpha value is -3.51. The number of halogens is 2. The molecule has 12 heteroatoms. The summed E-state index contributed by atoms with van der Waals surface area (Å²) in [5.41, 5.74) is 1.66. The van der Waals surface area contributed by atoms with Crippen LogP contribution in [0.15, 0.2) is 43.2 Å². The molecular formula is C28H31F2N7O2S. The van der Waals surface area contributed by atoms with Crippen molar-refractivity contribution in [2.24, 2.45) is 5.92 Å². The highest BCUT2D eigenvalue weighted by Crippen LogP contribution is 2.34. The summed E-state index contributed by atoms with van der Waals surface area (Å²) < 4.78 is 57.3. The molecule has 1 aliphatic carbocycles. The van der Waals surface area contributed by atoms with Crippen molar-refractivity contribution < 1.29 is 17.2 Å². The molecule has 1 saturated heterocycles. The Balaban J connectivity index is 1.41. The van der Waals surface area contributed by atoms with Crippen molar-refractivity contribution >= 4 is 26.8 Å². The monoisotopic (exact) mass is 567 g/mol. The van der Waals surface area contributed by atoms with Crippen LogP contribution in [0.4, 0.5) is 14.7 Å². The molecule has 9 nitrogen and oxygen atoms in total. The minimum Gasteiger partial charge on any atom is -0.338 e. The minimum absolute atomic E-state index is 0.0742. The van der Waals surface area contributed by atoms with Crippen LogP contribution in [0, 0.1) is 17.6 Å². The van der Waals surface area contributed by atoms with Crippen molar-refractivity contribution in [1.29, 1.82) is 0 Å². The third-order valence-electron chi connectivity index (χ3n) is 7.55. The molecule has 0 atom stereocenters. The van der Waals surface area contributed by atoms with E-state index in [0.717, 1.165) is 44.7 Å². The van der Waals surface area contributed by atoms with Crippen LogP contribution in [0.5, 0.6) is 0 Å². The van der Waals surface area contributed by atoms with Crippen LogP contribution in [0.2, 0.25) is 0 Å². The second-order valence-corrected chi connectivity index (χ2v) is 12.8. The summed E-state index contributed by atoms with van der Waals surface area (Å²) >= 11 is 0. The van der Waals surface area contributed by atoms with Gasteiger partial charge in [-0.25, -0.2) is 37.1 Å². The largest absolute Gasteiger partial charge is 0.338 e. The number of piperazine rings is 1. The lowest BCUT2D eigenvalue weighted by Crippen LogP contribution is -2.47. The smallest absolute Gasteiger partial charge is 0.226 e. The zero-order valence-electron chi connectivity index (χ0n) is 22.3. The maximum absolute atomic E-state index is 15.8. The van der Waals surface area contributed by atoms with Crippen molar-refractivity contribution in [2.45, 2.75) is 31.9 Å². The number of benzene rings is 1. The van der Waals surface area contributed by atoms with Gasteiger partial charge in [-0.2, -0.15) is 0 Å². The average Bonchev–Trinajstić information content (AvgIpc) is 3.69. The van der Waals surface area contributed by atoms with Gasteiger partial charge in [0.15, 0.2) is 15.7 Å². The first-order valence-corrected chi connectivity index (χ1v) is 15.4. The molecule has 0 radical (unpaired) electrons. The lowest BCUT2D eigenvalue weighted by Gasteiger charge is -2.34. The van der Waals surface area contributed by atoms with E-state index in [0.29, 0.717) is 34.5 Å². The van der Waals surface area contributed by atoms with Crippen LogP contribution < -0.4 is 4.90 Å². The van der Waals surface area contributed by atoms with Gasteiger partial charge in [0.1, 0.15) is 23.3 Å². The molecule has 0 bridgehead atoms. The van der Waals surface area contributed by atoms with Gasteiger partial charge in [0.25, 0.3) is 0 Å². The summed E-state index contributed by atoms with van der Waals surface area (Å²) in [5.74, 6) is -0.947. The molecule has 0 spiro atoms. The summed E-state index contributed by atoms with van der Waals surface area (Å²) in [4.78, 5) is 22.3. The standard InChI is InChI=1S/C28H31F2N7O2S/c1-2-11-40(38,39)17-20-5-6-23(29)27(25(20)30)37-16-22(21-12-31-18-32-13-21)26-24(37)14-33-28(34-26)36-9-7-35(8-10-36)15-19-3-4-19/h5-6,12-14,16,18-19H,2-4,7-11,15,17H2,1H3. The van der Waals surface area contributed by atoms with E-state index in [1.54, 1.807) is 31.7 Å². The third kappa shape index (κ3) is 5.42. The average molecular weight is 568 g/mol. The second kappa shape index (κ2) is 10.8. The Morgan fingerprint density at radius 2 is 1.77 bits per heavy atom. The summed E-state index contributed by atoms with van der Waals surface area (Å²) in [6, 6.07) is 2.29. The number of hydrogen-bond acceptors (Lipinski definition) is 8. The molecule has 210 valence electrons. The molecule has 2 fully saturated rings. The molecule has 1 saturated carbocycles. The van der Waals surface area contributed by atoms with Gasteiger partial charge < -0.3 is 9.47 Å². The molecule has 0 N–H and O–H groups in total. The first-order chi connectivity index (χ1) is 19.3. The Morgan fingerprint density at radius 3 is 2.48 bits per heavy atom. The number of hydrogen-bond donors (Lipinski definition) is 0. The molecule has 2 aliphatic rings. The first-order valence-electron chi connectivity index (χ1n) is 13.6. The highest BCUT2D eigenvalue weighted by atomic mass is 32.2. The van der Waals surface area contributed by atoms with Crippen molar-refractivity contribution in [1.82, 2.24) is 29.4 Å². The Kier molecular flexibility index (Phi) is 7.22. The SMILES string of the molecule is CCCS(=O)(=O)Cc1ccc(F)c(-n2cc(-c3cncnc3)c3nc(N4CCN(CC5CC5)CC4)ncc32)c1F. The predicted octanol–water partition coefficient (Wildman–Crippen LogP) is 4.01. The topological polar surface area (TPSA) is 97.1 Å². The van der Waals surface area contributed by atoms with Crippen LogP contribution in [-0.2, 0) is 15.6 Å². The fourth-order valence-corrected chi connectivity index (χ4v) is 6.78. The Morgan fingerprint density at radius 1 is 1.02 bits per heavy atom. The van der Waals surface area contributed by atoms with Crippen LogP contribution in [-0.4, -0.2) is 76.3 Å². The van der Waals surface area contributed by atoms with Crippen molar-refractivity contribution in [3.8, 4) is 16.8 Å². The lowest BCUT2D eigenvalue weighted by atomic mass is 10.1. The van der Waals surface area contributed by atoms with Crippen LogP contribution in [0.3, 0.4) is 0 Å². The molecule has 4 aromatic rings. The van der Waals surface area contributed by atoms with E-state index < -0.39 is 27.2 Å². The minimum atomic E-state index is -3.55. The first kappa shape index (κ1) is 26.7. The maximum atomic E-state index is 15.8. The van der Waals surface area contributed by atoms with Crippen molar-refractivity contribution in [3.05, 3.63) is 60.4 Å². The molecule has 6 rings (SSSR count). The van der Waals surface area contributed by atoms with Crippen molar-refractivity contribution in [2.75, 3.05) is 43.4 Å². The third-order valence-corrected chi connectivity index (χ3v) is 9.33. The molecule has 3 aromatic heterocycles. The molecule has 4 heterocycles. The van der Waals surface area contributed by atoms with E-state index >= 15 is 8.78 Å². The Bertz CT molecular complexity index is 1630. The molecule has 1 aromatic carbocycles. The van der Waals surface area contributed by atoms with Crippen LogP contribution >= 0.6 is 0 Å². The number of rotatable bonds is 9. The molecule has 40 heavy (non-hydrogen) atoms. The number of aromatic nitrogens is 5. The zero-order chi connectivity index (χ0) is 27.9. The van der Waals surface area contributed by atoms with Gasteiger partial charge in [-0.3, -0.25) is 4.90 Å². The van der Waals surface area contributed by atoms with E-state index in [4.69, 9.17) is 4.98 Å². The van der Waals surface area contributed by atoms with Crippen molar-refractivity contribution in [3.63, 3.8) is 0 Å². The zero-order valence-corrected chi connectivity index (χ0v) is 23.1. The van der Waals surface area contributed by atoms with E-state index in [-0.39, 0.29) is 17.0 Å². The molecule has 0 unspecified atom stereocenters. The molecular weight excluding hydrogens is 536 g/mol. The molecule has 0 amide bonds. The highest BCUT2D eigenvalue weighted by Gasteiger charge is 2.28. The van der Waals surface area contributed by atoms with E-state index in [1.165, 1.54) is 29.8 Å². The fraction of sp³-hybridized carbons (Fsp3) is 0.429. The van der Waals surface area contributed by atoms with Gasteiger partial charge >= 0.3 is 0 Å². The van der Waals surface area contributed by atoms with E-state index in [9.17, 15) is 8.42 Å². The maximum Gasteiger partial charge on any atom is 0.226 e. The number of sulfone groups is 1. The van der Waals surface area contributed by atoms with Crippen LogP contribution in [0.25, 0.3) is 27.8 Å². The van der Waals surface area contributed by atoms with E-state index in [1.807, 2.05) is 0 Å². The number of fused-ring (bicyclic) bond motifs is 1. The van der Waals surface area contributed by atoms with Gasteiger partial charge in [0.2, 0.25) is 5.95 Å². The second-order valence-electron chi connectivity index (χ2n) is 10.6. The van der Waals surface area contributed by atoms with Crippen LogP contribution in [0.1, 0.15) is 31.7 Å². The van der Waals surface area contributed by atoms with Gasteiger partial charge in [-0.15, -0.1) is 0 Å². The Labute approximate surface area is 231 Å². The van der Waals surface area contributed by atoms with Gasteiger partial charge in [0.05, 0.1) is 23.2 Å². The summed E-state index contributed by atoms with van der Waals surface area (Å²) in [6.07, 6.45) is 10.9. The number of nitrogens with zero attached hydrogens (tertiary/aromatic N) is 7. The summed E-state index contributed by atoms with van der Waals surface area (Å²) in [5, 5.41) is 0.